The molecule has 12 heteroatoms. The Morgan fingerprint density at radius 3 is 2.58 bits per heavy atom. The van der Waals surface area contributed by atoms with E-state index in [2.05, 4.69) is 35.5 Å². The topological polar surface area (TPSA) is 123 Å². The van der Waals surface area contributed by atoms with Gasteiger partial charge >= 0.3 is 12.0 Å². The van der Waals surface area contributed by atoms with Crippen LogP contribution in [0.1, 0.15) is 77.7 Å². The van der Waals surface area contributed by atoms with Gasteiger partial charge in [-0.2, -0.15) is 0 Å². The lowest BCUT2D eigenvalue weighted by atomic mass is 9.93. The Kier molecular flexibility index (Phi) is 13.1. The first-order chi connectivity index (χ1) is 24.3. The number of urea groups is 1. The van der Waals surface area contributed by atoms with E-state index in [1.54, 1.807) is 25.3 Å². The molecule has 1 fully saturated rings. The molecule has 0 spiro atoms. The minimum Gasteiger partial charge on any atom is -0.465 e. The van der Waals surface area contributed by atoms with Crippen molar-refractivity contribution in [2.24, 2.45) is 5.92 Å². The van der Waals surface area contributed by atoms with E-state index in [0.29, 0.717) is 36.9 Å². The Morgan fingerprint density at radius 1 is 1.04 bits per heavy atom. The Balaban J connectivity index is 1.16. The second-order valence-electron chi connectivity index (χ2n) is 12.6. The number of rotatable bonds is 18. The van der Waals surface area contributed by atoms with Gasteiger partial charge in [0.2, 0.25) is 5.91 Å². The highest BCUT2D eigenvalue weighted by Gasteiger charge is 2.23. The van der Waals surface area contributed by atoms with Crippen molar-refractivity contribution in [1.82, 2.24) is 20.2 Å². The van der Waals surface area contributed by atoms with E-state index in [0.717, 1.165) is 71.3 Å². The van der Waals surface area contributed by atoms with Crippen molar-refractivity contribution in [3.05, 3.63) is 66.2 Å². The van der Waals surface area contributed by atoms with Crippen LogP contribution in [0.15, 0.2) is 54.9 Å². The maximum atomic E-state index is 15.0. The molecule has 10 nitrogen and oxygen atoms in total. The predicted molar refractivity (Wildman–Crippen MR) is 194 cm³/mol. The van der Waals surface area contributed by atoms with Gasteiger partial charge in [0.1, 0.15) is 12.4 Å². The lowest BCUT2D eigenvalue weighted by molar-refractivity contribution is -0.145. The second-order valence-corrected chi connectivity index (χ2v) is 13.7. The first kappa shape index (κ1) is 36.7. The highest BCUT2D eigenvalue weighted by atomic mass is 32.1. The van der Waals surface area contributed by atoms with Crippen LogP contribution in [0.25, 0.3) is 20.8 Å². The van der Waals surface area contributed by atoms with E-state index < -0.39 is 5.82 Å². The van der Waals surface area contributed by atoms with Gasteiger partial charge in [-0.15, -0.1) is 11.3 Å². The maximum Gasteiger partial charge on any atom is 0.319 e. The third-order valence-electron chi connectivity index (χ3n) is 8.63. The fourth-order valence-electron chi connectivity index (χ4n) is 5.67. The third kappa shape index (κ3) is 10.5. The third-order valence-corrected chi connectivity index (χ3v) is 9.79. The quantitative estimate of drug-likeness (QED) is 0.0997. The van der Waals surface area contributed by atoms with Crippen LogP contribution in [-0.4, -0.2) is 58.5 Å². The zero-order chi connectivity index (χ0) is 35.5. The van der Waals surface area contributed by atoms with Crippen molar-refractivity contribution in [2.45, 2.75) is 84.6 Å². The summed E-state index contributed by atoms with van der Waals surface area (Å²) >= 11 is 1.48. The number of nitrogens with one attached hydrogen (secondary N) is 2. The monoisotopic (exact) mass is 703 g/mol. The van der Waals surface area contributed by atoms with Gasteiger partial charge in [0.25, 0.3) is 0 Å². The first-order valence-electron chi connectivity index (χ1n) is 17.6. The van der Waals surface area contributed by atoms with Gasteiger partial charge in [0.15, 0.2) is 11.6 Å². The molecule has 2 N–H and O–H groups in total. The number of halogens is 1. The smallest absolute Gasteiger partial charge is 0.319 e. The van der Waals surface area contributed by atoms with Gasteiger partial charge in [-0.25, -0.2) is 9.18 Å². The molecule has 1 saturated carbocycles. The predicted octanol–water partition coefficient (Wildman–Crippen LogP) is 8.50. The summed E-state index contributed by atoms with van der Waals surface area (Å²) in [5.74, 6) is 0.160. The molecule has 4 aromatic rings. The van der Waals surface area contributed by atoms with Crippen molar-refractivity contribution < 1.29 is 28.2 Å². The Morgan fingerprint density at radius 2 is 1.88 bits per heavy atom. The molecule has 3 aromatic heterocycles. The molecule has 0 aliphatic heterocycles. The minimum atomic E-state index is -0.586. The highest BCUT2D eigenvalue weighted by molar-refractivity contribution is 7.22. The minimum absolute atomic E-state index is 0.0309. The van der Waals surface area contributed by atoms with Crippen molar-refractivity contribution in [3.8, 4) is 22.1 Å². The highest BCUT2D eigenvalue weighted by Crippen LogP contribution is 2.39. The Labute approximate surface area is 296 Å². The summed E-state index contributed by atoms with van der Waals surface area (Å²) in [6, 6.07) is 12.0. The maximum absolute atomic E-state index is 15.0. The zero-order valence-corrected chi connectivity index (χ0v) is 29.8. The molecule has 1 aliphatic carbocycles. The van der Waals surface area contributed by atoms with Crippen LogP contribution in [0.2, 0.25) is 0 Å². The number of thiophene rings is 1. The number of anilines is 1. The summed E-state index contributed by atoms with van der Waals surface area (Å²) in [5.41, 5.74) is 3.05. The standard InChI is InChI=1S/C38H46FN5O5S/c1-4-18-44(35(45)16-20-48-36(46)6-3)19-7-8-25(5-2)21-26-9-13-30(41-24-26)34-23-31-37(50-34)33(15-17-40-31)49-32-14-12-28(22-29(32)39)43-38(47)42-27-10-11-27/h9,12-15,17,22-25,27H,4-8,10-11,16,18-21H2,1-3H3,(H2,42,43,47). The van der Waals surface area contributed by atoms with Gasteiger partial charge in [-0.1, -0.05) is 33.3 Å². The van der Waals surface area contributed by atoms with E-state index >= 15 is 0 Å². The number of amides is 3. The van der Waals surface area contributed by atoms with E-state index in [4.69, 9.17) is 14.5 Å². The number of hydrogen-bond donors (Lipinski definition) is 2. The van der Waals surface area contributed by atoms with Crippen molar-refractivity contribution in [3.63, 3.8) is 0 Å². The van der Waals surface area contributed by atoms with Crippen LogP contribution in [0, 0.1) is 11.7 Å². The number of ether oxygens (including phenoxy) is 2. The lowest BCUT2D eigenvalue weighted by Gasteiger charge is -2.23. The number of esters is 1. The number of hydrogen-bond acceptors (Lipinski definition) is 8. The summed E-state index contributed by atoms with van der Waals surface area (Å²) in [6.07, 6.45) is 10.7. The fourth-order valence-corrected chi connectivity index (χ4v) is 6.71. The average molecular weight is 704 g/mol. The summed E-state index contributed by atoms with van der Waals surface area (Å²) in [5, 5.41) is 5.48. The van der Waals surface area contributed by atoms with Crippen LogP contribution in [0.3, 0.4) is 0 Å². The number of fused-ring (bicyclic) bond motifs is 1. The van der Waals surface area contributed by atoms with Gasteiger partial charge < -0.3 is 25.0 Å². The number of benzene rings is 1. The van der Waals surface area contributed by atoms with Crippen LogP contribution < -0.4 is 15.4 Å². The van der Waals surface area contributed by atoms with E-state index in [9.17, 15) is 18.8 Å². The lowest BCUT2D eigenvalue weighted by Crippen LogP contribution is -2.33. The number of aromatic nitrogens is 2. The normalized spacial score (nSPS) is 13.1. The fraction of sp³-hybridized carbons (Fsp3) is 0.447. The molecular weight excluding hydrogens is 658 g/mol. The molecule has 3 amide bonds. The van der Waals surface area contributed by atoms with Gasteiger partial charge in [0, 0.05) is 55.8 Å². The molecule has 1 unspecified atom stereocenters. The molecule has 266 valence electrons. The number of pyridine rings is 2. The second kappa shape index (κ2) is 17.9. The van der Waals surface area contributed by atoms with Gasteiger partial charge in [-0.05, 0) is 74.3 Å². The molecular formula is C38H46FN5O5S. The number of nitrogens with zero attached hydrogens (tertiary/aromatic N) is 3. The average Bonchev–Trinajstić information content (AvgIpc) is 3.81. The van der Waals surface area contributed by atoms with Gasteiger partial charge in [0.05, 0.1) is 27.2 Å². The van der Waals surface area contributed by atoms with Crippen LogP contribution >= 0.6 is 11.3 Å². The molecule has 1 aromatic carbocycles. The SMILES string of the molecule is CCCN(CCCC(CC)Cc1ccc(-c2cc3nccc(Oc4ccc(NC(=O)NC5CC5)cc4F)c3s2)nc1)C(=O)CCOC(=O)CC. The number of carbonyl (C=O) groups is 3. The molecule has 1 atom stereocenters. The number of carbonyl (C=O) groups excluding carboxylic acids is 3. The van der Waals surface area contributed by atoms with Crippen molar-refractivity contribution in [1.29, 1.82) is 0 Å². The van der Waals surface area contributed by atoms with E-state index in [1.165, 1.54) is 23.5 Å². The first-order valence-corrected chi connectivity index (χ1v) is 18.4. The largest absolute Gasteiger partial charge is 0.465 e. The van der Waals surface area contributed by atoms with E-state index in [1.807, 2.05) is 23.2 Å². The molecule has 1 aliphatic rings. The van der Waals surface area contributed by atoms with Crippen LogP contribution in [0.5, 0.6) is 11.5 Å². The van der Waals surface area contributed by atoms with E-state index in [-0.39, 0.29) is 42.7 Å². The molecule has 5 rings (SSSR count). The van der Waals surface area contributed by atoms with Crippen LogP contribution in [0.4, 0.5) is 14.9 Å². The van der Waals surface area contributed by atoms with Gasteiger partial charge in [-0.3, -0.25) is 19.6 Å². The molecule has 3 heterocycles. The molecule has 0 saturated heterocycles. The zero-order valence-electron chi connectivity index (χ0n) is 29.0. The summed E-state index contributed by atoms with van der Waals surface area (Å²) in [6.45, 7) is 7.53. The molecule has 0 radical (unpaired) electrons. The Hall–Kier alpha value is -4.58. The summed E-state index contributed by atoms with van der Waals surface area (Å²) in [7, 11) is 0. The van der Waals surface area contributed by atoms with Crippen molar-refractivity contribution in [2.75, 3.05) is 25.0 Å². The Bertz CT molecular complexity index is 1760. The molecule has 0 bridgehead atoms. The summed E-state index contributed by atoms with van der Waals surface area (Å²) < 4.78 is 26.8. The molecule has 50 heavy (non-hydrogen) atoms. The summed E-state index contributed by atoms with van der Waals surface area (Å²) in [4.78, 5) is 48.2. The van der Waals surface area contributed by atoms with Crippen LogP contribution in [-0.2, 0) is 20.7 Å². The van der Waals surface area contributed by atoms with Crippen molar-refractivity contribution >= 4 is 45.1 Å².